The normalized spacial score (nSPS) is 12.5. The third-order valence-corrected chi connectivity index (χ3v) is 6.40. The van der Waals surface area contributed by atoms with Crippen LogP contribution in [0.25, 0.3) is 0 Å². The molecule has 164 valence electrons. The van der Waals surface area contributed by atoms with Gasteiger partial charge in [0, 0.05) is 19.4 Å². The van der Waals surface area contributed by atoms with Crippen LogP contribution in [-0.4, -0.2) is 30.5 Å². The van der Waals surface area contributed by atoms with Gasteiger partial charge in [-0.1, -0.05) is 96.8 Å². The molecule has 0 aliphatic carbocycles. The van der Waals surface area contributed by atoms with Crippen LogP contribution in [0.2, 0.25) is 0 Å². The number of carbonyl (C=O) groups excluding carboxylic acids is 1. The summed E-state index contributed by atoms with van der Waals surface area (Å²) in [7, 11) is -4.22. The molecule has 0 amide bonds. The van der Waals surface area contributed by atoms with Crippen molar-refractivity contribution in [1.82, 2.24) is 0 Å². The standard InChI is InChI=1S/C21H43NO4S.Na.H/c1-2-3-4-5-6-7-8-9-10-11-12-13-14-15-16-17-20(23)18-21(19-22)27(24,25)26;;/h21H,2-19,22H2,1H3,(H,24,25,26);;/q;+1;-1. The molecule has 0 spiro atoms. The number of ketones is 1. The van der Waals surface area contributed by atoms with Crippen LogP contribution in [0.5, 0.6) is 0 Å². The Morgan fingerprint density at radius 1 is 0.821 bits per heavy atom. The Kier molecular flexibility index (Phi) is 22.8. The zero-order valence-electron chi connectivity index (χ0n) is 19.5. The molecule has 0 rings (SSSR count). The first kappa shape index (κ1) is 30.7. The Bertz CT molecular complexity index is 464. The van der Waals surface area contributed by atoms with Crippen molar-refractivity contribution in [2.75, 3.05) is 6.54 Å². The predicted molar refractivity (Wildman–Crippen MR) is 115 cm³/mol. The van der Waals surface area contributed by atoms with Crippen LogP contribution in [0.3, 0.4) is 0 Å². The fourth-order valence-corrected chi connectivity index (χ4v) is 4.00. The zero-order chi connectivity index (χ0) is 20.4. The van der Waals surface area contributed by atoms with Gasteiger partial charge < -0.3 is 7.16 Å². The van der Waals surface area contributed by atoms with E-state index in [0.717, 1.165) is 19.3 Å². The minimum Gasteiger partial charge on any atom is -1.00 e. The van der Waals surface area contributed by atoms with Crippen molar-refractivity contribution in [3.63, 3.8) is 0 Å². The van der Waals surface area contributed by atoms with Gasteiger partial charge in [0.25, 0.3) is 10.1 Å². The van der Waals surface area contributed by atoms with E-state index in [9.17, 15) is 13.2 Å². The van der Waals surface area contributed by atoms with E-state index in [1.54, 1.807) is 0 Å². The summed E-state index contributed by atoms with van der Waals surface area (Å²) in [5.41, 5.74) is 5.30. The monoisotopic (exact) mass is 429 g/mol. The first-order valence-corrected chi connectivity index (χ1v) is 12.6. The molecular formula is C21H44NNaO4S. The van der Waals surface area contributed by atoms with E-state index in [2.05, 4.69) is 6.92 Å². The van der Waals surface area contributed by atoms with Crippen molar-refractivity contribution in [2.24, 2.45) is 5.73 Å². The van der Waals surface area contributed by atoms with E-state index >= 15 is 0 Å². The van der Waals surface area contributed by atoms with Gasteiger partial charge in [-0.25, -0.2) is 0 Å². The maximum atomic E-state index is 11.8. The SMILES string of the molecule is CCCCCCCCCCCCCCCCCC(=O)CC(CN)S(=O)(=O)O.[H-].[Na+]. The number of Topliss-reactive ketones (excluding diaryl/α,β-unsaturated/α-hetero) is 1. The maximum absolute atomic E-state index is 11.8. The largest absolute Gasteiger partial charge is 1.00 e. The van der Waals surface area contributed by atoms with Crippen molar-refractivity contribution >= 4 is 15.9 Å². The third-order valence-electron chi connectivity index (χ3n) is 5.20. The number of carbonyl (C=O) groups is 1. The molecule has 1 unspecified atom stereocenters. The van der Waals surface area contributed by atoms with E-state index in [4.69, 9.17) is 10.3 Å². The second-order valence-corrected chi connectivity index (χ2v) is 9.51. The van der Waals surface area contributed by atoms with Gasteiger partial charge in [-0.15, -0.1) is 0 Å². The molecule has 0 aromatic rings. The number of nitrogens with two attached hydrogens (primary N) is 1. The van der Waals surface area contributed by atoms with Crippen molar-refractivity contribution in [1.29, 1.82) is 0 Å². The summed E-state index contributed by atoms with van der Waals surface area (Å²) in [5, 5.41) is -1.15. The van der Waals surface area contributed by atoms with Gasteiger partial charge in [0.15, 0.2) is 0 Å². The summed E-state index contributed by atoms with van der Waals surface area (Å²) in [4.78, 5) is 11.8. The molecule has 0 aromatic heterocycles. The van der Waals surface area contributed by atoms with Crippen LogP contribution in [0, 0.1) is 0 Å². The van der Waals surface area contributed by atoms with Crippen LogP contribution in [-0.2, 0) is 14.9 Å². The smallest absolute Gasteiger partial charge is 1.00 e. The van der Waals surface area contributed by atoms with E-state index in [0.29, 0.717) is 6.42 Å². The van der Waals surface area contributed by atoms with E-state index in [-0.39, 0.29) is 49.7 Å². The van der Waals surface area contributed by atoms with Gasteiger partial charge >= 0.3 is 29.6 Å². The molecule has 0 saturated heterocycles. The minimum absolute atomic E-state index is 0. The molecule has 0 bridgehead atoms. The second kappa shape index (κ2) is 20.8. The molecule has 7 heteroatoms. The zero-order valence-corrected chi connectivity index (χ0v) is 21.3. The Morgan fingerprint density at radius 3 is 1.50 bits per heavy atom. The van der Waals surface area contributed by atoms with Crippen LogP contribution < -0.4 is 35.3 Å². The average molecular weight is 430 g/mol. The Morgan fingerprint density at radius 2 is 1.18 bits per heavy atom. The van der Waals surface area contributed by atoms with Gasteiger partial charge in [0.1, 0.15) is 11.0 Å². The molecule has 0 aliphatic heterocycles. The number of rotatable bonds is 20. The summed E-state index contributed by atoms with van der Waals surface area (Å²) >= 11 is 0. The van der Waals surface area contributed by atoms with Crippen molar-refractivity contribution < 1.29 is 48.7 Å². The molecule has 0 heterocycles. The predicted octanol–water partition coefficient (Wildman–Crippen LogP) is 2.54. The molecule has 28 heavy (non-hydrogen) atoms. The molecule has 0 saturated carbocycles. The molecule has 0 aromatic carbocycles. The Hall–Kier alpha value is 0.540. The summed E-state index contributed by atoms with van der Waals surface area (Å²) in [5.74, 6) is -0.127. The van der Waals surface area contributed by atoms with Gasteiger partial charge in [-0.3, -0.25) is 9.35 Å². The van der Waals surface area contributed by atoms with Crippen LogP contribution in [0.4, 0.5) is 0 Å². The van der Waals surface area contributed by atoms with Crippen molar-refractivity contribution in [2.45, 2.75) is 121 Å². The fourth-order valence-electron chi connectivity index (χ4n) is 3.36. The first-order chi connectivity index (χ1) is 12.9. The minimum atomic E-state index is -4.22. The third kappa shape index (κ3) is 19.8. The maximum Gasteiger partial charge on any atom is 1.00 e. The summed E-state index contributed by atoms with van der Waals surface area (Å²) in [6, 6.07) is 0. The quantitative estimate of drug-likeness (QED) is 0.176. The van der Waals surface area contributed by atoms with Crippen LogP contribution >= 0.6 is 0 Å². The van der Waals surface area contributed by atoms with E-state index < -0.39 is 15.4 Å². The van der Waals surface area contributed by atoms with Crippen molar-refractivity contribution in [3.05, 3.63) is 0 Å². The number of hydrogen-bond acceptors (Lipinski definition) is 4. The fraction of sp³-hybridized carbons (Fsp3) is 0.952. The van der Waals surface area contributed by atoms with Crippen LogP contribution in [0.1, 0.15) is 118 Å². The topological polar surface area (TPSA) is 97.5 Å². The van der Waals surface area contributed by atoms with E-state index in [1.807, 2.05) is 0 Å². The summed E-state index contributed by atoms with van der Waals surface area (Å²) < 4.78 is 31.0. The Labute approximate surface area is 197 Å². The van der Waals surface area contributed by atoms with Gasteiger partial charge in [-0.2, -0.15) is 8.42 Å². The molecule has 0 aliphatic rings. The van der Waals surface area contributed by atoms with E-state index in [1.165, 1.54) is 77.0 Å². The second-order valence-electron chi connectivity index (χ2n) is 7.82. The molecule has 3 N–H and O–H groups in total. The first-order valence-electron chi connectivity index (χ1n) is 11.1. The van der Waals surface area contributed by atoms with Crippen molar-refractivity contribution in [3.8, 4) is 0 Å². The molecule has 1 atom stereocenters. The summed E-state index contributed by atoms with van der Waals surface area (Å²) in [6.45, 7) is 2.04. The van der Waals surface area contributed by atoms with Gasteiger partial charge in [-0.05, 0) is 6.42 Å². The van der Waals surface area contributed by atoms with Gasteiger partial charge in [0.05, 0.1) is 0 Å². The summed E-state index contributed by atoms with van der Waals surface area (Å²) in [6.07, 6.45) is 19.3. The molecule has 5 nitrogen and oxygen atoms in total. The van der Waals surface area contributed by atoms with Crippen LogP contribution in [0.15, 0.2) is 0 Å². The van der Waals surface area contributed by atoms with Gasteiger partial charge in [0.2, 0.25) is 0 Å². The number of unbranched alkanes of at least 4 members (excludes halogenated alkanes) is 14. The Balaban J connectivity index is -0.00000338. The molecular weight excluding hydrogens is 385 g/mol. The average Bonchev–Trinajstić information content (AvgIpc) is 2.62. The molecule has 0 fully saturated rings. The number of hydrogen-bond donors (Lipinski definition) is 2. The molecule has 0 radical (unpaired) electrons.